The van der Waals surface area contributed by atoms with Gasteiger partial charge in [-0.25, -0.2) is 4.39 Å². The van der Waals surface area contributed by atoms with Crippen LogP contribution < -0.4 is 5.73 Å². The molecular weight excluding hydrogens is 267 g/mol. The van der Waals surface area contributed by atoms with Crippen LogP contribution in [0.25, 0.3) is 0 Å². The lowest BCUT2D eigenvalue weighted by atomic mass is 10.1. The average molecular weight is 286 g/mol. The number of halogens is 1. The Labute approximate surface area is 124 Å². The van der Waals surface area contributed by atoms with E-state index in [9.17, 15) is 9.18 Å². The van der Waals surface area contributed by atoms with E-state index in [1.54, 1.807) is 24.1 Å². The summed E-state index contributed by atoms with van der Waals surface area (Å²) in [7, 11) is 1.72. The number of amides is 1. The van der Waals surface area contributed by atoms with Crippen LogP contribution in [0, 0.1) is 5.82 Å². The van der Waals surface area contributed by atoms with Gasteiger partial charge in [-0.05, 0) is 29.7 Å². The summed E-state index contributed by atoms with van der Waals surface area (Å²) < 4.78 is 13.1. The average Bonchev–Trinajstić information content (AvgIpc) is 2.47. The maximum Gasteiger partial charge on any atom is 0.239 e. The number of carbonyl (C=O) groups excluding carboxylic acids is 1. The van der Waals surface area contributed by atoms with Gasteiger partial charge in [0, 0.05) is 13.6 Å². The van der Waals surface area contributed by atoms with Gasteiger partial charge in [0.1, 0.15) is 5.82 Å². The molecule has 0 spiro atoms. The number of rotatable bonds is 5. The first-order valence-electron chi connectivity index (χ1n) is 6.85. The number of hydrogen-bond donors (Lipinski definition) is 1. The van der Waals surface area contributed by atoms with Crippen molar-refractivity contribution in [3.63, 3.8) is 0 Å². The van der Waals surface area contributed by atoms with E-state index in [2.05, 4.69) is 0 Å². The van der Waals surface area contributed by atoms with E-state index < -0.39 is 6.04 Å². The predicted octanol–water partition coefficient (Wildman–Crippen LogP) is 2.35. The van der Waals surface area contributed by atoms with Crippen molar-refractivity contribution in [3.8, 4) is 0 Å². The van der Waals surface area contributed by atoms with Gasteiger partial charge in [0.2, 0.25) is 5.91 Å². The van der Waals surface area contributed by atoms with Crippen LogP contribution in [0.3, 0.4) is 0 Å². The first-order valence-corrected chi connectivity index (χ1v) is 6.85. The van der Waals surface area contributed by atoms with Crippen molar-refractivity contribution in [1.82, 2.24) is 4.90 Å². The van der Waals surface area contributed by atoms with Crippen LogP contribution in [0.1, 0.15) is 11.1 Å². The lowest BCUT2D eigenvalue weighted by molar-refractivity contribution is -0.131. The molecule has 1 amide bonds. The highest BCUT2D eigenvalue weighted by molar-refractivity contribution is 5.81. The highest BCUT2D eigenvalue weighted by Gasteiger charge is 2.18. The number of carbonyl (C=O) groups is 1. The molecule has 0 radical (unpaired) electrons. The maximum atomic E-state index is 13.1. The zero-order chi connectivity index (χ0) is 15.2. The van der Waals surface area contributed by atoms with Gasteiger partial charge in [0.15, 0.2) is 0 Å². The van der Waals surface area contributed by atoms with Crippen molar-refractivity contribution in [2.24, 2.45) is 5.73 Å². The molecule has 1 atom stereocenters. The molecule has 21 heavy (non-hydrogen) atoms. The molecule has 0 bridgehead atoms. The Kier molecular flexibility index (Phi) is 5.06. The number of nitrogens with zero attached hydrogens (tertiary/aromatic N) is 1. The van der Waals surface area contributed by atoms with Gasteiger partial charge in [-0.2, -0.15) is 0 Å². The van der Waals surface area contributed by atoms with Gasteiger partial charge in [-0.15, -0.1) is 0 Å². The minimum Gasteiger partial charge on any atom is -0.340 e. The van der Waals surface area contributed by atoms with Gasteiger partial charge in [0.05, 0.1) is 6.04 Å². The second-order valence-corrected chi connectivity index (χ2v) is 5.12. The molecule has 0 aromatic heterocycles. The summed E-state index contributed by atoms with van der Waals surface area (Å²) in [6, 6.07) is 15.2. The fourth-order valence-corrected chi connectivity index (χ4v) is 2.22. The zero-order valence-corrected chi connectivity index (χ0v) is 12.0. The lowest BCUT2D eigenvalue weighted by Crippen LogP contribution is -2.42. The Hall–Kier alpha value is -2.20. The summed E-state index contributed by atoms with van der Waals surface area (Å²) in [6.07, 6.45) is 0.329. The summed E-state index contributed by atoms with van der Waals surface area (Å²) in [5.41, 5.74) is 7.71. The largest absolute Gasteiger partial charge is 0.340 e. The van der Waals surface area contributed by atoms with E-state index in [0.717, 1.165) is 11.1 Å². The molecule has 2 rings (SSSR count). The first kappa shape index (κ1) is 15.2. The Balaban J connectivity index is 1.95. The molecule has 2 aromatic rings. The maximum absolute atomic E-state index is 13.1. The monoisotopic (exact) mass is 286 g/mol. The normalized spacial score (nSPS) is 12.0. The van der Waals surface area contributed by atoms with Crippen molar-refractivity contribution < 1.29 is 9.18 Å². The number of nitrogens with two attached hydrogens (primary N) is 1. The van der Waals surface area contributed by atoms with Crippen molar-refractivity contribution in [2.45, 2.75) is 19.0 Å². The topological polar surface area (TPSA) is 46.3 Å². The van der Waals surface area contributed by atoms with Crippen LogP contribution in [0.2, 0.25) is 0 Å². The molecule has 2 N–H and O–H groups in total. The quantitative estimate of drug-likeness (QED) is 0.917. The van der Waals surface area contributed by atoms with E-state index in [-0.39, 0.29) is 11.7 Å². The Morgan fingerprint density at radius 2 is 1.81 bits per heavy atom. The SMILES string of the molecule is CN(Cc1ccccc1)C(=O)[C@@H](N)Cc1cccc(F)c1. The second kappa shape index (κ2) is 6.99. The van der Waals surface area contributed by atoms with Crippen LogP contribution in [0.15, 0.2) is 54.6 Å². The van der Waals surface area contributed by atoms with E-state index in [1.165, 1.54) is 12.1 Å². The molecule has 0 aliphatic carbocycles. The molecule has 0 aliphatic heterocycles. The summed E-state index contributed by atoms with van der Waals surface area (Å²) in [4.78, 5) is 13.8. The van der Waals surface area contributed by atoms with Crippen molar-refractivity contribution in [1.29, 1.82) is 0 Å². The number of hydrogen-bond acceptors (Lipinski definition) is 2. The van der Waals surface area contributed by atoms with Crippen molar-refractivity contribution >= 4 is 5.91 Å². The third-order valence-corrected chi connectivity index (χ3v) is 3.30. The van der Waals surface area contributed by atoms with Gasteiger partial charge < -0.3 is 10.6 Å². The molecule has 0 saturated heterocycles. The third kappa shape index (κ3) is 4.39. The molecule has 4 heteroatoms. The Morgan fingerprint density at radius 3 is 2.48 bits per heavy atom. The molecule has 3 nitrogen and oxygen atoms in total. The lowest BCUT2D eigenvalue weighted by Gasteiger charge is -2.21. The zero-order valence-electron chi connectivity index (χ0n) is 12.0. The Bertz CT molecular complexity index is 601. The summed E-state index contributed by atoms with van der Waals surface area (Å²) >= 11 is 0. The summed E-state index contributed by atoms with van der Waals surface area (Å²) in [5, 5.41) is 0. The molecule has 0 unspecified atom stereocenters. The molecular formula is C17H19FN2O. The fraction of sp³-hybridized carbons (Fsp3) is 0.235. The predicted molar refractivity (Wildman–Crippen MR) is 81.0 cm³/mol. The van der Waals surface area contributed by atoms with Crippen LogP contribution in [-0.4, -0.2) is 23.9 Å². The van der Waals surface area contributed by atoms with Gasteiger partial charge >= 0.3 is 0 Å². The van der Waals surface area contributed by atoms with Crippen LogP contribution in [-0.2, 0) is 17.8 Å². The number of benzene rings is 2. The molecule has 0 heterocycles. The minimum absolute atomic E-state index is 0.150. The second-order valence-electron chi connectivity index (χ2n) is 5.12. The molecule has 2 aromatic carbocycles. The van der Waals surface area contributed by atoms with Crippen molar-refractivity contribution in [3.05, 3.63) is 71.5 Å². The highest BCUT2D eigenvalue weighted by atomic mass is 19.1. The van der Waals surface area contributed by atoms with Crippen LogP contribution >= 0.6 is 0 Å². The number of likely N-dealkylation sites (N-methyl/N-ethyl adjacent to an activating group) is 1. The smallest absolute Gasteiger partial charge is 0.239 e. The summed E-state index contributed by atoms with van der Waals surface area (Å²) in [6.45, 7) is 0.510. The molecule has 110 valence electrons. The van der Waals surface area contributed by atoms with E-state index in [0.29, 0.717) is 13.0 Å². The fourth-order valence-electron chi connectivity index (χ4n) is 2.22. The summed E-state index contributed by atoms with van der Waals surface area (Å²) in [5.74, 6) is -0.465. The van der Waals surface area contributed by atoms with E-state index in [1.807, 2.05) is 30.3 Å². The Morgan fingerprint density at radius 1 is 1.14 bits per heavy atom. The highest BCUT2D eigenvalue weighted by Crippen LogP contribution is 2.09. The first-order chi connectivity index (χ1) is 10.1. The van der Waals surface area contributed by atoms with Gasteiger partial charge in [-0.3, -0.25) is 4.79 Å². The third-order valence-electron chi connectivity index (χ3n) is 3.30. The molecule has 0 saturated carbocycles. The van der Waals surface area contributed by atoms with Crippen LogP contribution in [0.4, 0.5) is 4.39 Å². The van der Waals surface area contributed by atoms with E-state index in [4.69, 9.17) is 5.73 Å². The van der Waals surface area contributed by atoms with Crippen LogP contribution in [0.5, 0.6) is 0 Å². The standard InChI is InChI=1S/C17H19FN2O/c1-20(12-13-6-3-2-4-7-13)17(21)16(19)11-14-8-5-9-15(18)10-14/h2-10,16H,11-12,19H2,1H3/t16-/m0/s1. The minimum atomic E-state index is -0.666. The van der Waals surface area contributed by atoms with Gasteiger partial charge in [0.25, 0.3) is 0 Å². The van der Waals surface area contributed by atoms with Crippen molar-refractivity contribution in [2.75, 3.05) is 7.05 Å². The van der Waals surface area contributed by atoms with Gasteiger partial charge in [-0.1, -0.05) is 42.5 Å². The molecule has 0 aliphatic rings. The van der Waals surface area contributed by atoms with E-state index >= 15 is 0 Å². The molecule has 0 fully saturated rings.